The number of ketones is 1. The molecule has 0 aliphatic carbocycles. The largest absolute Gasteiger partial charge is 0.463 e. The Morgan fingerprint density at radius 3 is 1.91 bits per heavy atom. The van der Waals surface area contributed by atoms with Crippen molar-refractivity contribution in [2.24, 2.45) is 0 Å². The lowest BCUT2D eigenvalue weighted by molar-refractivity contribution is -0.288. The molecule has 0 spiro atoms. The monoisotopic (exact) mass is 494 g/mol. The fourth-order valence-electron chi connectivity index (χ4n) is 3.54. The van der Waals surface area contributed by atoms with Gasteiger partial charge in [0.15, 0.2) is 12.2 Å². The van der Waals surface area contributed by atoms with E-state index in [-0.39, 0.29) is 18.8 Å². The molecule has 11 nitrogen and oxygen atoms in total. The number of ether oxygens (including phenoxy) is 6. The van der Waals surface area contributed by atoms with E-state index in [2.05, 4.69) is 0 Å². The van der Waals surface area contributed by atoms with Crippen molar-refractivity contribution in [1.82, 2.24) is 0 Å². The molecule has 0 saturated carbocycles. The highest BCUT2D eigenvalue weighted by Crippen LogP contribution is 2.32. The third-order valence-corrected chi connectivity index (χ3v) is 4.91. The fourth-order valence-corrected chi connectivity index (χ4v) is 3.54. The summed E-state index contributed by atoms with van der Waals surface area (Å²) in [5.74, 6) is -2.47. The average molecular weight is 494 g/mol. The third-order valence-electron chi connectivity index (χ3n) is 4.91. The Morgan fingerprint density at radius 1 is 0.771 bits per heavy atom. The first kappa shape index (κ1) is 27.8. The molecule has 0 N–H and O–H groups in total. The summed E-state index contributed by atoms with van der Waals surface area (Å²) in [5, 5.41) is 0. The van der Waals surface area contributed by atoms with Crippen LogP contribution in [-0.4, -0.2) is 67.0 Å². The number of hydrogen-bond acceptors (Lipinski definition) is 11. The third kappa shape index (κ3) is 8.67. The second-order valence-corrected chi connectivity index (χ2v) is 8.00. The van der Waals surface area contributed by atoms with Crippen LogP contribution in [0.3, 0.4) is 0 Å². The Labute approximate surface area is 202 Å². The number of carbonyl (C=O) groups is 5. The number of aryl methyl sites for hydroxylation is 1. The standard InChI is InChI=1S/C24H30O11/c1-13(25)10-11-18-8-6-7-9-19(18)34-24-23(33-17(5)29)22(32-16(4)28)21(31-15(3)27)20(35-24)12-30-14(2)26/h6-9,20-24H,10-12H2,1-5H3/t20-,21+,22+,23-,24-/m1/s1. The molecule has 1 fully saturated rings. The van der Waals surface area contributed by atoms with Crippen LogP contribution in [0.25, 0.3) is 0 Å². The van der Waals surface area contributed by atoms with Gasteiger partial charge in [0.05, 0.1) is 0 Å². The van der Waals surface area contributed by atoms with Crippen molar-refractivity contribution in [3.63, 3.8) is 0 Å². The Morgan fingerprint density at radius 2 is 1.34 bits per heavy atom. The topological polar surface area (TPSA) is 141 Å². The molecule has 5 atom stereocenters. The van der Waals surface area contributed by atoms with Crippen molar-refractivity contribution in [2.45, 2.75) is 78.2 Å². The Kier molecular flexibility index (Phi) is 10.2. The van der Waals surface area contributed by atoms with Gasteiger partial charge in [-0.2, -0.15) is 0 Å². The lowest BCUT2D eigenvalue weighted by Gasteiger charge is -2.44. The molecular formula is C24H30O11. The minimum Gasteiger partial charge on any atom is -0.463 e. The lowest BCUT2D eigenvalue weighted by Crippen LogP contribution is -2.63. The second kappa shape index (κ2) is 12.8. The second-order valence-electron chi connectivity index (χ2n) is 8.00. The highest BCUT2D eigenvalue weighted by Gasteiger charge is 2.53. The quantitative estimate of drug-likeness (QED) is 0.346. The summed E-state index contributed by atoms with van der Waals surface area (Å²) in [4.78, 5) is 58.6. The summed E-state index contributed by atoms with van der Waals surface area (Å²) in [6.07, 6.45) is -5.73. The number of carbonyl (C=O) groups excluding carboxylic acids is 5. The number of rotatable bonds is 10. The van der Waals surface area contributed by atoms with Gasteiger partial charge in [0.1, 0.15) is 24.2 Å². The van der Waals surface area contributed by atoms with Crippen molar-refractivity contribution in [3.05, 3.63) is 29.8 Å². The molecule has 0 bridgehead atoms. The first-order valence-electron chi connectivity index (χ1n) is 11.0. The van der Waals surface area contributed by atoms with Crippen LogP contribution >= 0.6 is 0 Å². The number of Topliss-reactive ketones (excluding diaryl/α,β-unsaturated/α-hetero) is 1. The Bertz CT molecular complexity index is 941. The molecule has 1 saturated heterocycles. The van der Waals surface area contributed by atoms with Crippen LogP contribution in [0.1, 0.15) is 46.6 Å². The maximum Gasteiger partial charge on any atom is 0.303 e. The lowest BCUT2D eigenvalue weighted by atomic mass is 9.98. The normalized spacial score (nSPS) is 23.5. The van der Waals surface area contributed by atoms with Gasteiger partial charge in [-0.25, -0.2) is 0 Å². The van der Waals surface area contributed by atoms with E-state index < -0.39 is 54.6 Å². The molecule has 11 heteroatoms. The molecule has 1 aliphatic rings. The highest BCUT2D eigenvalue weighted by atomic mass is 16.7. The molecule has 0 aromatic heterocycles. The molecular weight excluding hydrogens is 464 g/mol. The van der Waals surface area contributed by atoms with Crippen molar-refractivity contribution in [3.8, 4) is 5.75 Å². The zero-order valence-electron chi connectivity index (χ0n) is 20.3. The van der Waals surface area contributed by atoms with Gasteiger partial charge >= 0.3 is 23.9 Å². The smallest absolute Gasteiger partial charge is 0.303 e. The van der Waals surface area contributed by atoms with Crippen LogP contribution in [0.5, 0.6) is 5.75 Å². The summed E-state index contributed by atoms with van der Waals surface area (Å²) in [5.41, 5.74) is 0.690. The number of para-hydroxylation sites is 1. The van der Waals surface area contributed by atoms with Crippen LogP contribution in [0.15, 0.2) is 24.3 Å². The van der Waals surface area contributed by atoms with Crippen LogP contribution < -0.4 is 4.74 Å². The van der Waals surface area contributed by atoms with Crippen molar-refractivity contribution < 1.29 is 52.4 Å². The Hall–Kier alpha value is -3.47. The molecule has 192 valence electrons. The van der Waals surface area contributed by atoms with Gasteiger partial charge in [-0.15, -0.1) is 0 Å². The zero-order chi connectivity index (χ0) is 26.1. The van der Waals surface area contributed by atoms with Gasteiger partial charge in [-0.05, 0) is 25.0 Å². The van der Waals surface area contributed by atoms with Crippen molar-refractivity contribution in [1.29, 1.82) is 0 Å². The summed E-state index contributed by atoms with van der Waals surface area (Å²) in [6.45, 7) is 5.73. The minimum absolute atomic E-state index is 0.00731. The van der Waals surface area contributed by atoms with Gasteiger partial charge in [-0.1, -0.05) is 18.2 Å². The van der Waals surface area contributed by atoms with Gasteiger partial charge in [0.25, 0.3) is 0 Å². The molecule has 1 aromatic rings. The molecule has 0 amide bonds. The van der Waals surface area contributed by atoms with Crippen LogP contribution in [-0.2, 0) is 54.1 Å². The van der Waals surface area contributed by atoms with Crippen LogP contribution in [0.4, 0.5) is 0 Å². The van der Waals surface area contributed by atoms with Gasteiger partial charge in [0, 0.05) is 34.1 Å². The number of esters is 4. The van der Waals surface area contributed by atoms with Crippen molar-refractivity contribution in [2.75, 3.05) is 6.61 Å². The average Bonchev–Trinajstić information content (AvgIpc) is 2.74. The first-order valence-corrected chi connectivity index (χ1v) is 11.0. The van der Waals surface area contributed by atoms with Gasteiger partial charge < -0.3 is 33.2 Å². The van der Waals surface area contributed by atoms with Crippen molar-refractivity contribution >= 4 is 29.7 Å². The van der Waals surface area contributed by atoms with E-state index in [0.29, 0.717) is 17.7 Å². The molecule has 1 aliphatic heterocycles. The molecule has 2 rings (SSSR count). The van der Waals surface area contributed by atoms with E-state index in [1.165, 1.54) is 13.8 Å². The predicted molar refractivity (Wildman–Crippen MR) is 118 cm³/mol. The molecule has 35 heavy (non-hydrogen) atoms. The van der Waals surface area contributed by atoms with E-state index in [1.54, 1.807) is 24.3 Å². The summed E-state index contributed by atoms with van der Waals surface area (Å²) in [7, 11) is 0. The highest BCUT2D eigenvalue weighted by molar-refractivity contribution is 5.75. The number of benzene rings is 1. The predicted octanol–water partition coefficient (Wildman–Crippen LogP) is 1.67. The Balaban J connectivity index is 2.47. The molecule has 0 unspecified atom stereocenters. The minimum atomic E-state index is -1.34. The molecule has 1 aromatic carbocycles. The maximum absolute atomic E-state index is 11.9. The van der Waals surface area contributed by atoms with E-state index in [0.717, 1.165) is 20.8 Å². The fraction of sp³-hybridized carbons (Fsp3) is 0.542. The van der Waals surface area contributed by atoms with Gasteiger partial charge in [-0.3, -0.25) is 19.2 Å². The van der Waals surface area contributed by atoms with E-state index >= 15 is 0 Å². The summed E-state index contributed by atoms with van der Waals surface area (Å²) in [6, 6.07) is 6.89. The summed E-state index contributed by atoms with van der Waals surface area (Å²) < 4.78 is 33.2. The summed E-state index contributed by atoms with van der Waals surface area (Å²) >= 11 is 0. The van der Waals surface area contributed by atoms with E-state index in [4.69, 9.17) is 28.4 Å². The first-order chi connectivity index (χ1) is 16.5. The van der Waals surface area contributed by atoms with Crippen LogP contribution in [0, 0.1) is 0 Å². The van der Waals surface area contributed by atoms with Gasteiger partial charge in [0.2, 0.25) is 12.4 Å². The zero-order valence-corrected chi connectivity index (χ0v) is 20.3. The van der Waals surface area contributed by atoms with Crippen LogP contribution in [0.2, 0.25) is 0 Å². The maximum atomic E-state index is 11.9. The number of hydrogen-bond donors (Lipinski definition) is 0. The van der Waals surface area contributed by atoms with E-state index in [9.17, 15) is 24.0 Å². The molecule has 1 heterocycles. The van der Waals surface area contributed by atoms with E-state index in [1.807, 2.05) is 0 Å². The SMILES string of the molecule is CC(=O)CCc1ccccc1O[C@@H]1O[C@H](COC(C)=O)[C@H](OC(C)=O)[C@H](OC(C)=O)[C@H]1OC(C)=O. The molecule has 0 radical (unpaired) electrons.